The van der Waals surface area contributed by atoms with E-state index in [2.05, 4.69) is 51.0 Å². The van der Waals surface area contributed by atoms with Crippen molar-refractivity contribution in [1.82, 2.24) is 19.9 Å². The minimum atomic E-state index is -0.283. The lowest BCUT2D eigenvalue weighted by atomic mass is 9.91. The van der Waals surface area contributed by atoms with Gasteiger partial charge in [0.05, 0.1) is 12.3 Å². The first-order chi connectivity index (χ1) is 17.2. The highest BCUT2D eigenvalue weighted by Gasteiger charge is 2.25. The fourth-order valence-corrected chi connectivity index (χ4v) is 5.35. The van der Waals surface area contributed by atoms with Crippen molar-refractivity contribution in [3.05, 3.63) is 59.5 Å². The van der Waals surface area contributed by atoms with Crippen molar-refractivity contribution >= 4 is 11.0 Å². The minimum Gasteiger partial charge on any atom is -0.494 e. The number of hydrogen-bond donors (Lipinski definition) is 0. The predicted molar refractivity (Wildman–Crippen MR) is 136 cm³/mol. The Morgan fingerprint density at radius 1 is 0.943 bits per heavy atom. The first-order valence-electron chi connectivity index (χ1n) is 13.1. The maximum absolute atomic E-state index is 13.4. The Kier molecular flexibility index (Phi) is 7.96. The molecule has 2 fully saturated rings. The molecule has 1 aromatic heterocycles. The van der Waals surface area contributed by atoms with E-state index >= 15 is 0 Å². The molecule has 7 heteroatoms. The minimum absolute atomic E-state index is 0.283. The lowest BCUT2D eigenvalue weighted by Gasteiger charge is -2.34. The Balaban J connectivity index is 0.997. The van der Waals surface area contributed by atoms with Crippen molar-refractivity contribution in [2.24, 2.45) is 0 Å². The molecule has 35 heavy (non-hydrogen) atoms. The number of ether oxygens (including phenoxy) is 1. The highest BCUT2D eigenvalue weighted by molar-refractivity contribution is 5.79. The molecule has 2 aliphatic heterocycles. The predicted octanol–water partition coefficient (Wildman–Crippen LogP) is 4.75. The van der Waals surface area contributed by atoms with E-state index in [9.17, 15) is 4.39 Å². The highest BCUT2D eigenvalue weighted by Crippen LogP contribution is 2.32. The summed E-state index contributed by atoms with van der Waals surface area (Å²) < 4.78 is 24.8. The number of rotatable bonds is 9. The molecule has 0 aliphatic carbocycles. The zero-order valence-corrected chi connectivity index (χ0v) is 20.8. The molecule has 0 radical (unpaired) electrons. The lowest BCUT2D eigenvalue weighted by molar-refractivity contribution is 0.132. The number of piperazine rings is 1. The molecule has 0 spiro atoms. The van der Waals surface area contributed by atoms with Crippen molar-refractivity contribution in [1.29, 1.82) is 0 Å². The fourth-order valence-electron chi connectivity index (χ4n) is 5.35. The number of benzene rings is 2. The first-order valence-corrected chi connectivity index (χ1v) is 13.1. The summed E-state index contributed by atoms with van der Waals surface area (Å²) in [6, 6.07) is 13.3. The van der Waals surface area contributed by atoms with Crippen LogP contribution in [0.5, 0.6) is 5.75 Å². The van der Waals surface area contributed by atoms with Crippen LogP contribution in [0, 0.1) is 5.82 Å². The van der Waals surface area contributed by atoms with Gasteiger partial charge in [-0.1, -0.05) is 24.2 Å². The van der Waals surface area contributed by atoms with Gasteiger partial charge in [-0.15, -0.1) is 0 Å². The molecule has 188 valence electrons. The maximum Gasteiger partial charge on any atom is 0.170 e. The Bertz CT molecular complexity index is 1070. The molecule has 0 bridgehead atoms. The SMILES string of the molecule is CCN1CCN(Cc2ccc(OCCCN3CCC(c4noc5cc(F)ccc45)CC3)cc2)CC1. The molecule has 3 heterocycles. The average Bonchev–Trinajstić information content (AvgIpc) is 3.31. The van der Waals surface area contributed by atoms with Crippen LogP contribution in [-0.4, -0.2) is 78.8 Å². The summed E-state index contributed by atoms with van der Waals surface area (Å²) >= 11 is 0. The van der Waals surface area contributed by atoms with Gasteiger partial charge in [0.2, 0.25) is 0 Å². The Labute approximate surface area is 207 Å². The third-order valence-corrected chi connectivity index (χ3v) is 7.57. The molecule has 6 nitrogen and oxygen atoms in total. The largest absolute Gasteiger partial charge is 0.494 e. The lowest BCUT2D eigenvalue weighted by Crippen LogP contribution is -2.45. The Hall–Kier alpha value is -2.48. The molecule has 0 atom stereocenters. The average molecular weight is 481 g/mol. The van der Waals surface area contributed by atoms with Crippen LogP contribution in [0.25, 0.3) is 11.0 Å². The third kappa shape index (κ3) is 6.21. The second-order valence-electron chi connectivity index (χ2n) is 9.88. The van der Waals surface area contributed by atoms with E-state index in [4.69, 9.17) is 9.26 Å². The van der Waals surface area contributed by atoms with Gasteiger partial charge >= 0.3 is 0 Å². The number of nitrogens with zero attached hydrogens (tertiary/aromatic N) is 4. The molecule has 0 N–H and O–H groups in total. The highest BCUT2D eigenvalue weighted by atomic mass is 19.1. The monoisotopic (exact) mass is 480 g/mol. The van der Waals surface area contributed by atoms with Gasteiger partial charge in [0.25, 0.3) is 0 Å². The molecule has 0 unspecified atom stereocenters. The quantitative estimate of drug-likeness (QED) is 0.412. The van der Waals surface area contributed by atoms with Crippen LogP contribution in [0.3, 0.4) is 0 Å². The van der Waals surface area contributed by atoms with E-state index in [1.54, 1.807) is 6.07 Å². The van der Waals surface area contributed by atoms with Crippen molar-refractivity contribution in [2.75, 3.05) is 59.0 Å². The summed E-state index contributed by atoms with van der Waals surface area (Å²) in [5.41, 5.74) is 2.88. The van der Waals surface area contributed by atoms with E-state index in [0.29, 0.717) is 11.5 Å². The van der Waals surface area contributed by atoms with Gasteiger partial charge in [-0.2, -0.15) is 0 Å². The molecule has 0 saturated carbocycles. The second-order valence-corrected chi connectivity index (χ2v) is 9.88. The van der Waals surface area contributed by atoms with Crippen LogP contribution in [0.4, 0.5) is 4.39 Å². The van der Waals surface area contributed by atoms with Crippen molar-refractivity contribution in [3.63, 3.8) is 0 Å². The number of likely N-dealkylation sites (tertiary alicyclic amines) is 1. The second kappa shape index (κ2) is 11.5. The number of fused-ring (bicyclic) bond motifs is 1. The molecule has 2 aliphatic rings. The van der Waals surface area contributed by atoms with Gasteiger partial charge in [0.15, 0.2) is 5.58 Å². The van der Waals surface area contributed by atoms with Crippen molar-refractivity contribution in [2.45, 2.75) is 38.6 Å². The van der Waals surface area contributed by atoms with Crippen LogP contribution in [-0.2, 0) is 6.54 Å². The number of aromatic nitrogens is 1. The van der Waals surface area contributed by atoms with Crippen molar-refractivity contribution < 1.29 is 13.7 Å². The van der Waals surface area contributed by atoms with Crippen LogP contribution < -0.4 is 4.74 Å². The van der Waals surface area contributed by atoms with E-state index in [1.165, 1.54) is 30.8 Å². The topological polar surface area (TPSA) is 45.0 Å². The summed E-state index contributed by atoms with van der Waals surface area (Å²) in [6.45, 7) is 12.9. The van der Waals surface area contributed by atoms with Gasteiger partial charge in [-0.3, -0.25) is 4.90 Å². The smallest absolute Gasteiger partial charge is 0.170 e. The number of hydrogen-bond acceptors (Lipinski definition) is 6. The summed E-state index contributed by atoms with van der Waals surface area (Å²) in [6.07, 6.45) is 3.12. The molecule has 2 aromatic carbocycles. The maximum atomic E-state index is 13.4. The van der Waals surface area contributed by atoms with Crippen LogP contribution in [0.2, 0.25) is 0 Å². The molecular weight excluding hydrogens is 443 g/mol. The Morgan fingerprint density at radius 3 is 2.43 bits per heavy atom. The van der Waals surface area contributed by atoms with Crippen LogP contribution >= 0.6 is 0 Å². The first kappa shape index (κ1) is 24.2. The third-order valence-electron chi connectivity index (χ3n) is 7.57. The summed E-state index contributed by atoms with van der Waals surface area (Å²) in [5, 5.41) is 5.20. The van der Waals surface area contributed by atoms with Crippen LogP contribution in [0.1, 0.15) is 43.4 Å². The number of likely N-dealkylation sites (N-methyl/N-ethyl adjacent to an activating group) is 1. The zero-order chi connectivity index (χ0) is 24.0. The summed E-state index contributed by atoms with van der Waals surface area (Å²) in [7, 11) is 0. The molecular formula is C28H37FN4O2. The molecule has 0 amide bonds. The van der Waals surface area contributed by atoms with Gasteiger partial charge in [-0.05, 0) is 68.7 Å². The summed E-state index contributed by atoms with van der Waals surface area (Å²) in [5.74, 6) is 1.05. The Morgan fingerprint density at radius 2 is 1.69 bits per heavy atom. The fraction of sp³-hybridized carbons (Fsp3) is 0.536. The standard InChI is InChI=1S/C28H37FN4O2/c1-2-31-15-17-33(18-16-31)21-22-4-7-25(8-5-22)34-19-3-12-32-13-10-23(11-14-32)28-26-9-6-24(29)20-27(26)35-30-28/h4-9,20,23H,2-3,10-19,21H2,1H3. The zero-order valence-electron chi connectivity index (χ0n) is 20.8. The number of piperidine rings is 1. The summed E-state index contributed by atoms with van der Waals surface area (Å²) in [4.78, 5) is 7.55. The van der Waals surface area contributed by atoms with E-state index in [0.717, 1.165) is 88.5 Å². The molecule has 2 saturated heterocycles. The van der Waals surface area contributed by atoms with Gasteiger partial charge < -0.3 is 19.1 Å². The molecule has 5 rings (SSSR count). The van der Waals surface area contributed by atoms with Crippen molar-refractivity contribution in [3.8, 4) is 5.75 Å². The van der Waals surface area contributed by atoms with Gasteiger partial charge in [0, 0.05) is 56.6 Å². The normalized spacial score (nSPS) is 18.9. The van der Waals surface area contributed by atoms with E-state index in [1.807, 2.05) is 0 Å². The van der Waals surface area contributed by atoms with Gasteiger partial charge in [0.1, 0.15) is 11.6 Å². The van der Waals surface area contributed by atoms with E-state index in [-0.39, 0.29) is 5.82 Å². The number of halogens is 1. The van der Waals surface area contributed by atoms with Crippen LogP contribution in [0.15, 0.2) is 47.0 Å². The van der Waals surface area contributed by atoms with E-state index < -0.39 is 0 Å². The molecule has 3 aromatic rings. The van der Waals surface area contributed by atoms with Gasteiger partial charge in [-0.25, -0.2) is 4.39 Å².